The van der Waals surface area contributed by atoms with Crippen molar-refractivity contribution in [3.63, 3.8) is 0 Å². The molecule has 1 amide bonds. The minimum absolute atomic E-state index is 0.149. The first-order valence-corrected chi connectivity index (χ1v) is 10.1. The van der Waals surface area contributed by atoms with E-state index in [2.05, 4.69) is 25.3 Å². The molecule has 0 saturated carbocycles. The molecule has 0 radical (unpaired) electrons. The molecule has 0 bridgehead atoms. The Morgan fingerprint density at radius 1 is 1.18 bits per heavy atom. The highest BCUT2D eigenvalue weighted by Crippen LogP contribution is 2.34. The summed E-state index contributed by atoms with van der Waals surface area (Å²) >= 11 is 0. The number of rotatable bonds is 5. The molecule has 172 valence electrons. The average molecular weight is 465 g/mol. The molecule has 11 heteroatoms. The van der Waals surface area contributed by atoms with E-state index >= 15 is 0 Å². The summed E-state index contributed by atoms with van der Waals surface area (Å²) in [4.78, 5) is 24.1. The normalized spacial score (nSPS) is 11.3. The van der Waals surface area contributed by atoms with Gasteiger partial charge >= 0.3 is 6.18 Å². The number of hydrogen-bond donors (Lipinski definition) is 1. The predicted octanol–water partition coefficient (Wildman–Crippen LogP) is 6.09. The van der Waals surface area contributed by atoms with Gasteiger partial charge in [-0.25, -0.2) is 9.97 Å². The Bertz CT molecular complexity index is 1450. The number of imidazole rings is 1. The van der Waals surface area contributed by atoms with E-state index in [1.165, 1.54) is 6.07 Å². The molecule has 2 aromatic heterocycles. The summed E-state index contributed by atoms with van der Waals surface area (Å²) in [6, 6.07) is 8.44. The summed E-state index contributed by atoms with van der Waals surface area (Å²) < 4.78 is 42.7. The smallest absolute Gasteiger partial charge is 0.322 e. The van der Waals surface area contributed by atoms with Crippen LogP contribution >= 0.6 is 0 Å². The van der Waals surface area contributed by atoms with Gasteiger partial charge in [0.1, 0.15) is 0 Å². The Labute approximate surface area is 191 Å². The first kappa shape index (κ1) is 22.8. The third-order valence-electron chi connectivity index (χ3n) is 5.17. The summed E-state index contributed by atoms with van der Waals surface area (Å²) in [6.07, 6.45) is 0.594. The number of nitrogens with zero attached hydrogens (tertiary/aromatic N) is 6. The lowest BCUT2D eigenvalue weighted by molar-refractivity contribution is -0.137. The number of benzene rings is 2. The number of aromatic nitrogens is 3. The molecule has 0 spiro atoms. The third kappa shape index (κ3) is 4.69. The van der Waals surface area contributed by atoms with Gasteiger partial charge in [-0.3, -0.25) is 9.20 Å². The number of carbonyl (C=O) groups excluding carboxylic acids is 1. The zero-order valence-corrected chi connectivity index (χ0v) is 18.1. The maximum atomic E-state index is 13.6. The first-order chi connectivity index (χ1) is 16.2. The van der Waals surface area contributed by atoms with Gasteiger partial charge in [-0.1, -0.05) is 23.3 Å². The second kappa shape index (κ2) is 8.87. The molecule has 0 aliphatic heterocycles. The standard InChI is InChI=1S/C23H18F3N7O/c1-13-9-28-22-31-20(12-33(22)11-13)16-5-3-14(2)19(8-16)30-21(34)17-6-4-15(10-29-32-27)7-18(17)23(24,25)26/h3-9,11-12H,10H2,1-2H3,(H,30,34). The van der Waals surface area contributed by atoms with Crippen LogP contribution in [0.2, 0.25) is 0 Å². The van der Waals surface area contributed by atoms with Crippen LogP contribution in [0.4, 0.5) is 18.9 Å². The van der Waals surface area contributed by atoms with Crippen molar-refractivity contribution in [2.24, 2.45) is 5.11 Å². The molecular weight excluding hydrogens is 447 g/mol. The Kier molecular flexibility index (Phi) is 5.95. The van der Waals surface area contributed by atoms with Gasteiger partial charge in [0, 0.05) is 34.8 Å². The van der Waals surface area contributed by atoms with Gasteiger partial charge in [-0.05, 0) is 54.3 Å². The van der Waals surface area contributed by atoms with E-state index < -0.39 is 23.2 Å². The minimum atomic E-state index is -4.77. The molecule has 2 aromatic carbocycles. The SMILES string of the molecule is Cc1cnc2nc(-c3ccc(C)c(NC(=O)c4ccc(CN=[N+]=[N-])cc4C(F)(F)F)c3)cn2c1. The highest BCUT2D eigenvalue weighted by Gasteiger charge is 2.35. The van der Waals surface area contributed by atoms with Crippen LogP contribution in [0, 0.1) is 13.8 Å². The van der Waals surface area contributed by atoms with Gasteiger partial charge < -0.3 is 5.32 Å². The highest BCUT2D eigenvalue weighted by molar-refractivity contribution is 6.06. The van der Waals surface area contributed by atoms with E-state index in [0.717, 1.165) is 17.7 Å². The summed E-state index contributed by atoms with van der Waals surface area (Å²) in [6.45, 7) is 3.39. The van der Waals surface area contributed by atoms with Gasteiger partial charge in [0.25, 0.3) is 5.91 Å². The Morgan fingerprint density at radius 2 is 1.97 bits per heavy atom. The maximum absolute atomic E-state index is 13.6. The first-order valence-electron chi connectivity index (χ1n) is 10.1. The molecular formula is C23H18F3N7O. The lowest BCUT2D eigenvalue weighted by Crippen LogP contribution is -2.19. The lowest BCUT2D eigenvalue weighted by atomic mass is 10.0. The van der Waals surface area contributed by atoms with Gasteiger partial charge in [-0.15, -0.1) is 0 Å². The molecule has 0 aliphatic rings. The summed E-state index contributed by atoms with van der Waals surface area (Å²) in [5.74, 6) is -0.405. The van der Waals surface area contributed by atoms with Crippen molar-refractivity contribution >= 4 is 17.4 Å². The average Bonchev–Trinajstić information content (AvgIpc) is 3.21. The van der Waals surface area contributed by atoms with Gasteiger partial charge in [0.05, 0.1) is 23.4 Å². The van der Waals surface area contributed by atoms with Crippen molar-refractivity contribution in [1.29, 1.82) is 0 Å². The molecule has 0 atom stereocenters. The molecule has 0 aliphatic carbocycles. The Morgan fingerprint density at radius 3 is 2.71 bits per heavy atom. The van der Waals surface area contributed by atoms with Crippen molar-refractivity contribution in [3.8, 4) is 11.3 Å². The highest BCUT2D eigenvalue weighted by atomic mass is 19.4. The number of carbonyl (C=O) groups is 1. The van der Waals surface area contributed by atoms with Crippen molar-refractivity contribution in [3.05, 3.63) is 93.2 Å². The van der Waals surface area contributed by atoms with E-state index in [1.54, 1.807) is 35.9 Å². The van der Waals surface area contributed by atoms with Crippen LogP contribution < -0.4 is 5.32 Å². The fraction of sp³-hybridized carbons (Fsp3) is 0.174. The van der Waals surface area contributed by atoms with E-state index in [0.29, 0.717) is 28.3 Å². The largest absolute Gasteiger partial charge is 0.417 e. The van der Waals surface area contributed by atoms with Crippen molar-refractivity contribution in [2.75, 3.05) is 5.32 Å². The zero-order valence-electron chi connectivity index (χ0n) is 18.1. The Balaban J connectivity index is 1.67. The summed E-state index contributed by atoms with van der Waals surface area (Å²) in [5.41, 5.74) is 10.2. The number of halogens is 3. The Hall–Kier alpha value is -4.37. The topological polar surface area (TPSA) is 108 Å². The van der Waals surface area contributed by atoms with Crippen LogP contribution in [-0.2, 0) is 12.7 Å². The number of hydrogen-bond acceptors (Lipinski definition) is 4. The third-order valence-corrected chi connectivity index (χ3v) is 5.17. The van der Waals surface area contributed by atoms with Crippen LogP contribution in [0.5, 0.6) is 0 Å². The monoisotopic (exact) mass is 465 g/mol. The molecule has 34 heavy (non-hydrogen) atoms. The number of anilines is 1. The number of amides is 1. The van der Waals surface area contributed by atoms with Crippen molar-refractivity contribution < 1.29 is 18.0 Å². The molecule has 2 heterocycles. The van der Waals surface area contributed by atoms with Crippen LogP contribution in [0.15, 0.2) is 60.1 Å². The molecule has 1 N–H and O–H groups in total. The lowest BCUT2D eigenvalue weighted by Gasteiger charge is -2.15. The molecule has 8 nitrogen and oxygen atoms in total. The second-order valence-corrected chi connectivity index (χ2v) is 7.72. The maximum Gasteiger partial charge on any atom is 0.417 e. The van der Waals surface area contributed by atoms with E-state index in [9.17, 15) is 18.0 Å². The quantitative estimate of drug-likeness (QED) is 0.219. The molecule has 0 fully saturated rings. The number of azide groups is 1. The van der Waals surface area contributed by atoms with E-state index in [4.69, 9.17) is 5.53 Å². The molecule has 4 aromatic rings. The fourth-order valence-corrected chi connectivity index (χ4v) is 3.47. The van der Waals surface area contributed by atoms with Gasteiger partial charge in [0.15, 0.2) is 0 Å². The second-order valence-electron chi connectivity index (χ2n) is 7.72. The minimum Gasteiger partial charge on any atom is -0.322 e. The van der Waals surface area contributed by atoms with E-state index in [-0.39, 0.29) is 12.1 Å². The number of aryl methyl sites for hydroxylation is 2. The summed E-state index contributed by atoms with van der Waals surface area (Å²) in [5, 5.41) is 5.86. The predicted molar refractivity (Wildman–Crippen MR) is 120 cm³/mol. The van der Waals surface area contributed by atoms with Crippen LogP contribution in [-0.4, -0.2) is 20.3 Å². The molecule has 4 rings (SSSR count). The van der Waals surface area contributed by atoms with E-state index in [1.807, 2.05) is 19.2 Å². The molecule has 0 saturated heterocycles. The number of nitrogens with one attached hydrogen (secondary N) is 1. The van der Waals surface area contributed by atoms with Crippen LogP contribution in [0.3, 0.4) is 0 Å². The fourth-order valence-electron chi connectivity index (χ4n) is 3.47. The van der Waals surface area contributed by atoms with Crippen LogP contribution in [0.1, 0.15) is 32.6 Å². The van der Waals surface area contributed by atoms with Crippen molar-refractivity contribution in [2.45, 2.75) is 26.6 Å². The van der Waals surface area contributed by atoms with Crippen LogP contribution in [0.25, 0.3) is 27.5 Å². The number of fused-ring (bicyclic) bond motifs is 1. The van der Waals surface area contributed by atoms with Gasteiger partial charge in [-0.2, -0.15) is 13.2 Å². The zero-order chi connectivity index (χ0) is 24.5. The molecule has 0 unspecified atom stereocenters. The van der Waals surface area contributed by atoms with Crippen molar-refractivity contribution in [1.82, 2.24) is 14.4 Å². The van der Waals surface area contributed by atoms with Gasteiger partial charge in [0.2, 0.25) is 5.78 Å². The summed E-state index contributed by atoms with van der Waals surface area (Å²) in [7, 11) is 0. The number of alkyl halides is 3.